The molecule has 0 atom stereocenters. The average Bonchev–Trinajstić information content (AvgIpc) is 2.53. The lowest BCUT2D eigenvalue weighted by molar-refractivity contribution is 0.217. The van der Waals surface area contributed by atoms with E-state index in [2.05, 4.69) is 69.4 Å². The van der Waals surface area contributed by atoms with E-state index >= 15 is 0 Å². The molecule has 20 heavy (non-hydrogen) atoms. The highest BCUT2D eigenvalue weighted by Gasteiger charge is 1.97. The van der Waals surface area contributed by atoms with Gasteiger partial charge in [-0.1, -0.05) is 69.4 Å². The topological polar surface area (TPSA) is 18.5 Å². The van der Waals surface area contributed by atoms with Crippen molar-refractivity contribution in [3.63, 3.8) is 0 Å². The van der Waals surface area contributed by atoms with Crippen LogP contribution in [0.2, 0.25) is 0 Å². The summed E-state index contributed by atoms with van der Waals surface area (Å²) in [7, 11) is 0. The van der Waals surface area contributed by atoms with Crippen molar-refractivity contribution in [1.29, 1.82) is 0 Å². The van der Waals surface area contributed by atoms with E-state index in [0.29, 0.717) is 13.2 Å². The number of alkyl halides is 2. The summed E-state index contributed by atoms with van der Waals surface area (Å²) >= 11 is 4.70. The monoisotopic (exact) mass is 494 g/mol. The molecule has 0 radical (unpaired) electrons. The van der Waals surface area contributed by atoms with E-state index in [1.165, 1.54) is 11.1 Å². The van der Waals surface area contributed by atoms with Crippen LogP contribution in [-0.4, -0.2) is 13.2 Å². The van der Waals surface area contributed by atoms with Crippen LogP contribution in [0.4, 0.5) is 0 Å². The Labute approximate surface area is 147 Å². The first-order valence-corrected chi connectivity index (χ1v) is 9.42. The van der Waals surface area contributed by atoms with Crippen LogP contribution in [0.15, 0.2) is 48.5 Å². The Morgan fingerprint density at radius 1 is 0.600 bits per heavy atom. The smallest absolute Gasteiger partial charge is 0.122 e. The van der Waals surface area contributed by atoms with Gasteiger partial charge in [-0.3, -0.25) is 0 Å². The van der Waals surface area contributed by atoms with E-state index in [1.54, 1.807) is 0 Å². The predicted molar refractivity (Wildman–Crippen MR) is 99.3 cm³/mol. The van der Waals surface area contributed by atoms with Gasteiger partial charge < -0.3 is 9.47 Å². The molecule has 2 rings (SSSR count). The number of hydrogen-bond acceptors (Lipinski definition) is 2. The van der Waals surface area contributed by atoms with Crippen LogP contribution in [0.3, 0.4) is 0 Å². The number of ether oxygens (including phenoxy) is 2. The van der Waals surface area contributed by atoms with Gasteiger partial charge in [-0.2, -0.15) is 0 Å². The third-order valence-electron chi connectivity index (χ3n) is 2.78. The van der Waals surface area contributed by atoms with Crippen LogP contribution in [0.25, 0.3) is 0 Å². The van der Waals surface area contributed by atoms with Crippen molar-refractivity contribution in [3.8, 4) is 11.5 Å². The molecule has 2 aromatic rings. The van der Waals surface area contributed by atoms with E-state index in [1.807, 2.05) is 24.3 Å². The highest BCUT2D eigenvalue weighted by atomic mass is 127. The van der Waals surface area contributed by atoms with Gasteiger partial charge >= 0.3 is 0 Å². The van der Waals surface area contributed by atoms with Gasteiger partial charge in [-0.25, -0.2) is 0 Å². The summed E-state index contributed by atoms with van der Waals surface area (Å²) in [5, 5.41) is 0. The molecule has 0 aliphatic carbocycles. The zero-order chi connectivity index (χ0) is 14.2. The van der Waals surface area contributed by atoms with Crippen LogP contribution >= 0.6 is 45.2 Å². The Bertz CT molecular complexity index is 460. The van der Waals surface area contributed by atoms with Gasteiger partial charge in [0.1, 0.15) is 24.7 Å². The predicted octanol–water partition coefficient (Wildman–Crippen LogP) is 5.01. The maximum atomic E-state index is 5.64. The van der Waals surface area contributed by atoms with Crippen LogP contribution in [0, 0.1) is 0 Å². The van der Waals surface area contributed by atoms with Crippen LogP contribution in [0.1, 0.15) is 11.1 Å². The number of benzene rings is 2. The average molecular weight is 494 g/mol. The first kappa shape index (κ1) is 15.9. The second kappa shape index (κ2) is 8.71. The van der Waals surface area contributed by atoms with E-state index in [4.69, 9.17) is 9.47 Å². The van der Waals surface area contributed by atoms with Crippen molar-refractivity contribution < 1.29 is 9.47 Å². The fraction of sp³-hybridized carbons (Fsp3) is 0.250. The lowest BCUT2D eigenvalue weighted by atomic mass is 10.2. The molecule has 0 aliphatic rings. The Morgan fingerprint density at radius 3 is 1.25 bits per heavy atom. The van der Waals surface area contributed by atoms with Crippen LogP contribution in [-0.2, 0) is 8.86 Å². The largest absolute Gasteiger partial charge is 0.490 e. The molecular formula is C16H16I2O2. The molecular weight excluding hydrogens is 478 g/mol. The summed E-state index contributed by atoms with van der Waals surface area (Å²) < 4.78 is 13.3. The highest BCUT2D eigenvalue weighted by Crippen LogP contribution is 2.16. The van der Waals surface area contributed by atoms with Crippen molar-refractivity contribution in [2.75, 3.05) is 13.2 Å². The minimum atomic E-state index is 0.553. The van der Waals surface area contributed by atoms with Crippen molar-refractivity contribution >= 4 is 45.2 Å². The normalized spacial score (nSPS) is 10.3. The molecule has 2 aromatic carbocycles. The van der Waals surface area contributed by atoms with Gasteiger partial charge in [0.25, 0.3) is 0 Å². The van der Waals surface area contributed by atoms with E-state index in [0.717, 1.165) is 20.4 Å². The molecule has 0 amide bonds. The Balaban J connectivity index is 1.72. The molecule has 0 N–H and O–H groups in total. The van der Waals surface area contributed by atoms with Gasteiger partial charge in [0, 0.05) is 8.86 Å². The van der Waals surface area contributed by atoms with E-state index in [9.17, 15) is 0 Å². The maximum absolute atomic E-state index is 5.64. The quantitative estimate of drug-likeness (QED) is 0.306. The fourth-order valence-corrected chi connectivity index (χ4v) is 2.69. The molecule has 0 spiro atoms. The van der Waals surface area contributed by atoms with Gasteiger partial charge in [-0.15, -0.1) is 0 Å². The standard InChI is InChI=1S/C16H16I2O2/c17-11-13-1-5-15(6-2-13)19-9-10-20-16-7-3-14(12-18)4-8-16/h1-8H,9-12H2. The Hall–Kier alpha value is -0.500. The summed E-state index contributed by atoms with van der Waals surface area (Å²) in [6.07, 6.45) is 0. The highest BCUT2D eigenvalue weighted by molar-refractivity contribution is 14.1. The molecule has 2 nitrogen and oxygen atoms in total. The summed E-state index contributed by atoms with van der Waals surface area (Å²) in [4.78, 5) is 0. The third kappa shape index (κ3) is 5.12. The molecule has 0 saturated heterocycles. The zero-order valence-corrected chi connectivity index (χ0v) is 15.3. The van der Waals surface area contributed by atoms with E-state index in [-0.39, 0.29) is 0 Å². The Morgan fingerprint density at radius 2 is 0.950 bits per heavy atom. The lowest BCUT2D eigenvalue weighted by Gasteiger charge is -2.09. The van der Waals surface area contributed by atoms with Crippen LogP contribution < -0.4 is 9.47 Å². The summed E-state index contributed by atoms with van der Waals surface area (Å²) in [5.74, 6) is 1.78. The molecule has 4 heteroatoms. The SMILES string of the molecule is ICc1ccc(OCCOc2ccc(CI)cc2)cc1. The van der Waals surface area contributed by atoms with Gasteiger partial charge in [-0.05, 0) is 35.4 Å². The van der Waals surface area contributed by atoms with Crippen molar-refractivity contribution in [2.24, 2.45) is 0 Å². The van der Waals surface area contributed by atoms with Gasteiger partial charge in [0.2, 0.25) is 0 Å². The van der Waals surface area contributed by atoms with Crippen molar-refractivity contribution in [3.05, 3.63) is 59.7 Å². The molecule has 0 unspecified atom stereocenters. The summed E-state index contributed by atoms with van der Waals surface area (Å²) in [6, 6.07) is 16.4. The number of halogens is 2. The van der Waals surface area contributed by atoms with Crippen molar-refractivity contribution in [1.82, 2.24) is 0 Å². The third-order valence-corrected chi connectivity index (χ3v) is 4.54. The molecule has 0 aliphatic heterocycles. The molecule has 0 fully saturated rings. The minimum absolute atomic E-state index is 0.553. The Kier molecular flexibility index (Phi) is 6.92. The van der Waals surface area contributed by atoms with Gasteiger partial charge in [0.05, 0.1) is 0 Å². The molecule has 0 saturated carbocycles. The fourth-order valence-electron chi connectivity index (χ4n) is 1.67. The molecule has 106 valence electrons. The van der Waals surface area contributed by atoms with Crippen LogP contribution in [0.5, 0.6) is 11.5 Å². The number of hydrogen-bond donors (Lipinski definition) is 0. The molecule has 0 aromatic heterocycles. The van der Waals surface area contributed by atoms with Gasteiger partial charge in [0.15, 0.2) is 0 Å². The minimum Gasteiger partial charge on any atom is -0.490 e. The summed E-state index contributed by atoms with van der Waals surface area (Å²) in [5.41, 5.74) is 2.62. The maximum Gasteiger partial charge on any atom is 0.122 e. The lowest BCUT2D eigenvalue weighted by Crippen LogP contribution is -2.08. The molecule has 0 bridgehead atoms. The first-order chi connectivity index (χ1) is 9.81. The first-order valence-electron chi connectivity index (χ1n) is 6.37. The zero-order valence-electron chi connectivity index (χ0n) is 11.0. The van der Waals surface area contributed by atoms with E-state index < -0.39 is 0 Å². The van der Waals surface area contributed by atoms with Crippen molar-refractivity contribution in [2.45, 2.75) is 8.86 Å². The second-order valence-electron chi connectivity index (χ2n) is 4.25. The summed E-state index contributed by atoms with van der Waals surface area (Å²) in [6.45, 7) is 1.11. The molecule has 0 heterocycles. The number of rotatable bonds is 7. The second-order valence-corrected chi connectivity index (χ2v) is 5.78.